The predicted molar refractivity (Wildman–Crippen MR) is 105 cm³/mol. The summed E-state index contributed by atoms with van der Waals surface area (Å²) in [7, 11) is 0. The van der Waals surface area contributed by atoms with E-state index in [1.807, 2.05) is 0 Å². The number of anilines is 1. The zero-order valence-corrected chi connectivity index (χ0v) is 17.1. The minimum absolute atomic E-state index is 0.0623. The van der Waals surface area contributed by atoms with Crippen LogP contribution in [0.15, 0.2) is 18.2 Å². The molecule has 8 heteroatoms. The van der Waals surface area contributed by atoms with Crippen molar-refractivity contribution in [1.29, 1.82) is 0 Å². The van der Waals surface area contributed by atoms with Crippen molar-refractivity contribution >= 4 is 46.7 Å². The third kappa shape index (κ3) is 3.92. The van der Waals surface area contributed by atoms with E-state index in [1.165, 1.54) is 0 Å². The molecule has 0 aromatic heterocycles. The zero-order chi connectivity index (χ0) is 20.0. The Kier molecular flexibility index (Phi) is 5.16. The molecule has 1 spiro atoms. The molecule has 1 aliphatic heterocycles. The SMILES string of the molecule is C[C@@H]1CC(C)(C)C[C@]2(C1)NC(=O)N(CC(=O)Nc1cccc(Cl)c1Cl)C2=O. The summed E-state index contributed by atoms with van der Waals surface area (Å²) in [5.74, 6) is -0.542. The molecule has 1 heterocycles. The van der Waals surface area contributed by atoms with Crippen molar-refractivity contribution in [3.8, 4) is 0 Å². The lowest BCUT2D eigenvalue weighted by molar-refractivity contribution is -0.136. The van der Waals surface area contributed by atoms with E-state index < -0.39 is 17.5 Å². The zero-order valence-electron chi connectivity index (χ0n) is 15.6. The largest absolute Gasteiger partial charge is 0.325 e. The van der Waals surface area contributed by atoms with Gasteiger partial charge < -0.3 is 10.6 Å². The Morgan fingerprint density at radius 2 is 2.00 bits per heavy atom. The third-order valence-electron chi connectivity index (χ3n) is 5.15. The second-order valence-electron chi connectivity index (χ2n) is 8.41. The number of urea groups is 1. The maximum atomic E-state index is 13.1. The number of halogens is 2. The molecular formula is C19H23Cl2N3O3. The number of carbonyl (C=O) groups excluding carboxylic acids is 3. The van der Waals surface area contributed by atoms with E-state index in [2.05, 4.69) is 31.4 Å². The van der Waals surface area contributed by atoms with Crippen LogP contribution in [0, 0.1) is 11.3 Å². The van der Waals surface area contributed by atoms with Gasteiger partial charge in [0.05, 0.1) is 15.7 Å². The molecule has 2 atom stereocenters. The minimum Gasteiger partial charge on any atom is -0.323 e. The van der Waals surface area contributed by atoms with Gasteiger partial charge in [0.2, 0.25) is 5.91 Å². The second kappa shape index (κ2) is 6.99. The summed E-state index contributed by atoms with van der Waals surface area (Å²) in [6.07, 6.45) is 2.14. The Morgan fingerprint density at radius 1 is 1.30 bits per heavy atom. The Morgan fingerprint density at radius 3 is 2.67 bits per heavy atom. The van der Waals surface area contributed by atoms with Gasteiger partial charge in [-0.2, -0.15) is 0 Å². The number of nitrogens with zero attached hydrogens (tertiary/aromatic N) is 1. The van der Waals surface area contributed by atoms with E-state index in [0.29, 0.717) is 29.5 Å². The van der Waals surface area contributed by atoms with Crippen molar-refractivity contribution in [2.24, 2.45) is 11.3 Å². The second-order valence-corrected chi connectivity index (χ2v) is 9.19. The quantitative estimate of drug-likeness (QED) is 0.735. The molecule has 1 saturated carbocycles. The van der Waals surface area contributed by atoms with Gasteiger partial charge in [0.1, 0.15) is 12.1 Å². The number of hydrogen-bond acceptors (Lipinski definition) is 3. The fourth-order valence-corrected chi connectivity index (χ4v) is 4.93. The first kappa shape index (κ1) is 20.0. The molecule has 1 saturated heterocycles. The van der Waals surface area contributed by atoms with Gasteiger partial charge in [0.15, 0.2) is 0 Å². The average molecular weight is 412 g/mol. The van der Waals surface area contributed by atoms with Crippen LogP contribution in [0.1, 0.15) is 40.0 Å². The molecule has 146 valence electrons. The summed E-state index contributed by atoms with van der Waals surface area (Å²) in [5.41, 5.74) is -0.650. The monoisotopic (exact) mass is 411 g/mol. The molecule has 1 aromatic rings. The van der Waals surface area contributed by atoms with E-state index in [0.717, 1.165) is 11.3 Å². The summed E-state index contributed by atoms with van der Waals surface area (Å²) >= 11 is 12.0. The molecule has 27 heavy (non-hydrogen) atoms. The highest BCUT2D eigenvalue weighted by Crippen LogP contribution is 2.46. The molecule has 0 bridgehead atoms. The van der Waals surface area contributed by atoms with Crippen LogP contribution in [-0.2, 0) is 9.59 Å². The van der Waals surface area contributed by atoms with Gasteiger partial charge in [-0.25, -0.2) is 4.79 Å². The number of benzene rings is 1. The highest BCUT2D eigenvalue weighted by molar-refractivity contribution is 6.44. The molecule has 0 unspecified atom stereocenters. The number of carbonyl (C=O) groups is 3. The van der Waals surface area contributed by atoms with Crippen molar-refractivity contribution in [2.75, 3.05) is 11.9 Å². The minimum atomic E-state index is -0.924. The van der Waals surface area contributed by atoms with E-state index in [-0.39, 0.29) is 22.9 Å². The van der Waals surface area contributed by atoms with Crippen LogP contribution in [-0.4, -0.2) is 34.8 Å². The van der Waals surface area contributed by atoms with E-state index >= 15 is 0 Å². The highest BCUT2D eigenvalue weighted by Gasteiger charge is 2.56. The Bertz CT molecular complexity index is 811. The van der Waals surface area contributed by atoms with Gasteiger partial charge in [-0.3, -0.25) is 14.5 Å². The smallest absolute Gasteiger partial charge is 0.323 e. The standard InChI is InChI=1S/C19H23Cl2N3O3/c1-11-7-18(2,3)10-19(8-11)16(26)24(17(27)23-19)9-14(25)22-13-6-4-5-12(20)15(13)21/h4-6,11H,7-10H2,1-3H3,(H,22,25)(H,23,27)/t11-,19+/m1/s1. The Balaban J connectivity index is 1.74. The summed E-state index contributed by atoms with van der Waals surface area (Å²) in [5, 5.41) is 5.98. The van der Waals surface area contributed by atoms with Crippen molar-refractivity contribution in [1.82, 2.24) is 10.2 Å². The molecule has 4 amide bonds. The maximum absolute atomic E-state index is 13.1. The number of hydrogen-bond donors (Lipinski definition) is 2. The Hall–Kier alpha value is -1.79. The fourth-order valence-electron chi connectivity index (χ4n) is 4.58. The molecule has 2 fully saturated rings. The van der Waals surface area contributed by atoms with Gasteiger partial charge in [-0.15, -0.1) is 0 Å². The average Bonchev–Trinajstić information content (AvgIpc) is 2.73. The van der Waals surface area contributed by atoms with Crippen LogP contribution < -0.4 is 10.6 Å². The van der Waals surface area contributed by atoms with Crippen molar-refractivity contribution < 1.29 is 14.4 Å². The molecular weight excluding hydrogens is 389 g/mol. The summed E-state index contributed by atoms with van der Waals surface area (Å²) in [4.78, 5) is 38.9. The number of imide groups is 1. The van der Waals surface area contributed by atoms with Crippen LogP contribution in [0.4, 0.5) is 10.5 Å². The van der Waals surface area contributed by atoms with Gasteiger partial charge >= 0.3 is 6.03 Å². The summed E-state index contributed by atoms with van der Waals surface area (Å²) in [6.45, 7) is 5.91. The first-order valence-corrected chi connectivity index (χ1v) is 9.67. The maximum Gasteiger partial charge on any atom is 0.325 e. The molecule has 6 nitrogen and oxygen atoms in total. The first-order valence-electron chi connectivity index (χ1n) is 8.91. The highest BCUT2D eigenvalue weighted by atomic mass is 35.5. The van der Waals surface area contributed by atoms with E-state index in [1.54, 1.807) is 18.2 Å². The summed E-state index contributed by atoms with van der Waals surface area (Å²) in [6, 6.07) is 4.33. The lowest BCUT2D eigenvalue weighted by Crippen LogP contribution is -2.54. The third-order valence-corrected chi connectivity index (χ3v) is 5.97. The number of nitrogens with one attached hydrogen (secondary N) is 2. The van der Waals surface area contributed by atoms with Gasteiger partial charge in [-0.1, -0.05) is 50.0 Å². The molecule has 3 rings (SSSR count). The predicted octanol–water partition coefficient (Wildman–Crippen LogP) is 4.07. The van der Waals surface area contributed by atoms with Crippen LogP contribution >= 0.6 is 23.2 Å². The normalized spacial score (nSPS) is 27.0. The molecule has 0 radical (unpaired) electrons. The lowest BCUT2D eigenvalue weighted by atomic mass is 9.64. The van der Waals surface area contributed by atoms with Crippen LogP contribution in [0.5, 0.6) is 0 Å². The molecule has 1 aromatic carbocycles. The number of rotatable bonds is 3. The lowest BCUT2D eigenvalue weighted by Gasteiger charge is -2.43. The van der Waals surface area contributed by atoms with Crippen molar-refractivity contribution in [3.05, 3.63) is 28.2 Å². The molecule has 2 N–H and O–H groups in total. The van der Waals surface area contributed by atoms with Crippen LogP contribution in [0.2, 0.25) is 10.0 Å². The fraction of sp³-hybridized carbons (Fsp3) is 0.526. The van der Waals surface area contributed by atoms with E-state index in [4.69, 9.17) is 23.2 Å². The van der Waals surface area contributed by atoms with Gasteiger partial charge in [-0.05, 0) is 42.7 Å². The van der Waals surface area contributed by atoms with Crippen LogP contribution in [0.25, 0.3) is 0 Å². The first-order chi connectivity index (χ1) is 12.5. The topological polar surface area (TPSA) is 78.5 Å². The van der Waals surface area contributed by atoms with Crippen molar-refractivity contribution in [2.45, 2.75) is 45.6 Å². The Labute approximate surface area is 168 Å². The summed E-state index contributed by atoms with van der Waals surface area (Å²) < 4.78 is 0. The molecule has 2 aliphatic rings. The van der Waals surface area contributed by atoms with Crippen molar-refractivity contribution in [3.63, 3.8) is 0 Å². The van der Waals surface area contributed by atoms with Gasteiger partial charge in [0.25, 0.3) is 5.91 Å². The van der Waals surface area contributed by atoms with Gasteiger partial charge in [0, 0.05) is 0 Å². The van der Waals surface area contributed by atoms with E-state index in [9.17, 15) is 14.4 Å². The molecule has 1 aliphatic carbocycles. The number of amides is 4. The van der Waals surface area contributed by atoms with Crippen LogP contribution in [0.3, 0.4) is 0 Å².